The van der Waals surface area contributed by atoms with Crippen LogP contribution in [0.4, 0.5) is 5.69 Å². The Morgan fingerprint density at radius 3 is 2.48 bits per heavy atom. The molecule has 1 aliphatic rings. The third-order valence-electron chi connectivity index (χ3n) is 3.54. The number of rotatable bonds is 5. The highest BCUT2D eigenvalue weighted by Crippen LogP contribution is 2.32. The fraction of sp³-hybridized carbons (Fsp3) is 0.278. The van der Waals surface area contributed by atoms with Crippen LogP contribution in [0.15, 0.2) is 42.5 Å². The summed E-state index contributed by atoms with van der Waals surface area (Å²) in [6, 6.07) is 13.5. The molecule has 1 heterocycles. The van der Waals surface area contributed by atoms with Gasteiger partial charge in [0.2, 0.25) is 12.7 Å². The predicted molar refractivity (Wildman–Crippen MR) is 88.7 cm³/mol. The lowest BCUT2D eigenvalue weighted by Crippen LogP contribution is -2.14. The second kappa shape index (κ2) is 6.71. The van der Waals surface area contributed by atoms with Crippen molar-refractivity contribution in [2.75, 3.05) is 26.2 Å². The number of anilines is 1. The van der Waals surface area contributed by atoms with Gasteiger partial charge in [-0.2, -0.15) is 0 Å². The molecule has 1 aliphatic heterocycles. The molecule has 3 rings (SSSR count). The normalized spacial score (nSPS) is 12.5. The van der Waals surface area contributed by atoms with E-state index in [1.54, 1.807) is 0 Å². The molecule has 0 atom stereocenters. The van der Waals surface area contributed by atoms with Gasteiger partial charge in [0.1, 0.15) is 0 Å². The zero-order valence-corrected chi connectivity index (χ0v) is 13.3. The Morgan fingerprint density at radius 2 is 1.74 bits per heavy atom. The Labute approximate surface area is 135 Å². The van der Waals surface area contributed by atoms with Gasteiger partial charge in [0.05, 0.1) is 6.42 Å². The molecule has 0 spiro atoms. The molecule has 5 nitrogen and oxygen atoms in total. The number of carbonyl (C=O) groups is 1. The first-order valence-electron chi connectivity index (χ1n) is 7.52. The van der Waals surface area contributed by atoms with Gasteiger partial charge in [-0.3, -0.25) is 4.79 Å². The number of carbonyl (C=O) groups excluding carboxylic acids is 1. The van der Waals surface area contributed by atoms with E-state index in [0.29, 0.717) is 12.2 Å². The van der Waals surface area contributed by atoms with Crippen molar-refractivity contribution in [3.63, 3.8) is 0 Å². The average molecular weight is 312 g/mol. The average Bonchev–Trinajstić information content (AvgIpc) is 2.96. The van der Waals surface area contributed by atoms with Crippen LogP contribution in [0, 0.1) is 0 Å². The number of benzene rings is 2. The van der Waals surface area contributed by atoms with Gasteiger partial charge in [0.15, 0.2) is 11.5 Å². The van der Waals surface area contributed by atoms with Crippen molar-refractivity contribution in [1.29, 1.82) is 0 Å². The van der Waals surface area contributed by atoms with Crippen LogP contribution in [0.5, 0.6) is 11.5 Å². The number of amides is 1. The second-order valence-electron chi connectivity index (χ2n) is 5.85. The molecule has 120 valence electrons. The molecular weight excluding hydrogens is 292 g/mol. The first-order chi connectivity index (χ1) is 11.1. The maximum Gasteiger partial charge on any atom is 0.231 e. The van der Waals surface area contributed by atoms with E-state index in [1.807, 2.05) is 56.6 Å². The Hall–Kier alpha value is -2.53. The molecule has 0 saturated carbocycles. The van der Waals surface area contributed by atoms with E-state index < -0.39 is 0 Å². The molecule has 0 unspecified atom stereocenters. The summed E-state index contributed by atoms with van der Waals surface area (Å²) in [5, 5.41) is 2.91. The fourth-order valence-corrected chi connectivity index (χ4v) is 2.50. The van der Waals surface area contributed by atoms with E-state index in [4.69, 9.17) is 9.47 Å². The standard InChI is InChI=1S/C18H20N2O3/c1-20(2)11-13-3-6-15(7-4-13)19-18(21)10-14-5-8-16-17(9-14)23-12-22-16/h3-9H,10-12H2,1-2H3,(H,19,21). The van der Waals surface area contributed by atoms with Crippen LogP contribution < -0.4 is 14.8 Å². The van der Waals surface area contributed by atoms with Crippen LogP contribution in [0.1, 0.15) is 11.1 Å². The molecule has 0 radical (unpaired) electrons. The van der Waals surface area contributed by atoms with Gasteiger partial charge in [0.25, 0.3) is 0 Å². The van der Waals surface area contributed by atoms with Crippen molar-refractivity contribution in [1.82, 2.24) is 4.90 Å². The second-order valence-corrected chi connectivity index (χ2v) is 5.85. The number of fused-ring (bicyclic) bond motifs is 1. The van der Waals surface area contributed by atoms with E-state index >= 15 is 0 Å². The first kappa shape index (κ1) is 15.4. The molecule has 0 fully saturated rings. The van der Waals surface area contributed by atoms with Crippen molar-refractivity contribution in [3.05, 3.63) is 53.6 Å². The lowest BCUT2D eigenvalue weighted by molar-refractivity contribution is -0.115. The number of ether oxygens (including phenoxy) is 2. The number of nitrogens with zero attached hydrogens (tertiary/aromatic N) is 1. The van der Waals surface area contributed by atoms with Gasteiger partial charge < -0.3 is 19.7 Å². The Kier molecular flexibility index (Phi) is 4.48. The summed E-state index contributed by atoms with van der Waals surface area (Å²) >= 11 is 0. The van der Waals surface area contributed by atoms with Crippen molar-refractivity contribution in [2.24, 2.45) is 0 Å². The van der Waals surface area contributed by atoms with Crippen molar-refractivity contribution in [3.8, 4) is 11.5 Å². The van der Waals surface area contributed by atoms with E-state index in [-0.39, 0.29) is 12.7 Å². The first-order valence-corrected chi connectivity index (χ1v) is 7.52. The molecule has 23 heavy (non-hydrogen) atoms. The lowest BCUT2D eigenvalue weighted by Gasteiger charge is -2.10. The Bertz CT molecular complexity index is 696. The topological polar surface area (TPSA) is 50.8 Å². The molecule has 2 aromatic carbocycles. The molecule has 0 aromatic heterocycles. The lowest BCUT2D eigenvalue weighted by atomic mass is 10.1. The Morgan fingerprint density at radius 1 is 1.04 bits per heavy atom. The van der Waals surface area contributed by atoms with Gasteiger partial charge in [-0.15, -0.1) is 0 Å². The van der Waals surface area contributed by atoms with E-state index in [9.17, 15) is 4.79 Å². The molecule has 0 saturated heterocycles. The van der Waals surface area contributed by atoms with Gasteiger partial charge >= 0.3 is 0 Å². The monoisotopic (exact) mass is 312 g/mol. The minimum Gasteiger partial charge on any atom is -0.454 e. The van der Waals surface area contributed by atoms with Gasteiger partial charge in [-0.1, -0.05) is 18.2 Å². The number of hydrogen-bond acceptors (Lipinski definition) is 4. The minimum absolute atomic E-state index is 0.0516. The molecule has 0 aliphatic carbocycles. The highest BCUT2D eigenvalue weighted by atomic mass is 16.7. The maximum atomic E-state index is 12.2. The molecule has 5 heteroatoms. The third-order valence-corrected chi connectivity index (χ3v) is 3.54. The fourth-order valence-electron chi connectivity index (χ4n) is 2.50. The van der Waals surface area contributed by atoms with E-state index in [0.717, 1.165) is 23.5 Å². The summed E-state index contributed by atoms with van der Waals surface area (Å²) < 4.78 is 10.6. The highest BCUT2D eigenvalue weighted by Gasteiger charge is 2.14. The molecule has 1 N–H and O–H groups in total. The van der Waals surface area contributed by atoms with Crippen LogP contribution in [0.3, 0.4) is 0 Å². The summed E-state index contributed by atoms with van der Waals surface area (Å²) in [6.45, 7) is 1.12. The summed E-state index contributed by atoms with van der Waals surface area (Å²) in [6.07, 6.45) is 0.302. The minimum atomic E-state index is -0.0516. The van der Waals surface area contributed by atoms with Gasteiger partial charge in [0, 0.05) is 12.2 Å². The van der Waals surface area contributed by atoms with Crippen LogP contribution in [0.25, 0.3) is 0 Å². The van der Waals surface area contributed by atoms with Gasteiger partial charge in [-0.05, 0) is 49.5 Å². The molecule has 2 aromatic rings. The molecule has 1 amide bonds. The van der Waals surface area contributed by atoms with Crippen LogP contribution in [-0.2, 0) is 17.8 Å². The number of hydrogen-bond donors (Lipinski definition) is 1. The molecule has 0 bridgehead atoms. The van der Waals surface area contributed by atoms with Crippen molar-refractivity contribution < 1.29 is 14.3 Å². The van der Waals surface area contributed by atoms with Crippen molar-refractivity contribution >= 4 is 11.6 Å². The Balaban J connectivity index is 1.58. The van der Waals surface area contributed by atoms with Gasteiger partial charge in [-0.25, -0.2) is 0 Å². The summed E-state index contributed by atoms with van der Waals surface area (Å²) in [5.41, 5.74) is 2.91. The predicted octanol–water partition coefficient (Wildman–Crippen LogP) is 2.66. The quantitative estimate of drug-likeness (QED) is 0.922. The smallest absolute Gasteiger partial charge is 0.231 e. The zero-order chi connectivity index (χ0) is 16.2. The van der Waals surface area contributed by atoms with Crippen LogP contribution in [-0.4, -0.2) is 31.7 Å². The largest absolute Gasteiger partial charge is 0.454 e. The summed E-state index contributed by atoms with van der Waals surface area (Å²) in [7, 11) is 4.06. The molecular formula is C18H20N2O3. The SMILES string of the molecule is CN(C)Cc1ccc(NC(=O)Cc2ccc3c(c2)OCO3)cc1. The van der Waals surface area contributed by atoms with E-state index in [2.05, 4.69) is 10.2 Å². The van der Waals surface area contributed by atoms with E-state index in [1.165, 1.54) is 5.56 Å². The summed E-state index contributed by atoms with van der Waals surface area (Å²) in [5.74, 6) is 1.37. The van der Waals surface area contributed by atoms with Crippen LogP contribution in [0.2, 0.25) is 0 Å². The third kappa shape index (κ3) is 4.02. The maximum absolute atomic E-state index is 12.2. The number of nitrogens with one attached hydrogen (secondary N) is 1. The van der Waals surface area contributed by atoms with Crippen LogP contribution >= 0.6 is 0 Å². The van der Waals surface area contributed by atoms with Crippen molar-refractivity contribution in [2.45, 2.75) is 13.0 Å². The summed E-state index contributed by atoms with van der Waals surface area (Å²) in [4.78, 5) is 14.3. The highest BCUT2D eigenvalue weighted by molar-refractivity contribution is 5.92. The zero-order valence-electron chi connectivity index (χ0n) is 13.3.